The molecule has 0 aliphatic carbocycles. The van der Waals surface area contributed by atoms with E-state index in [1.54, 1.807) is 6.20 Å². The van der Waals surface area contributed by atoms with Crippen LogP contribution in [0.5, 0.6) is 0 Å². The Hall–Kier alpha value is -2.42. The molecule has 0 unspecified atom stereocenters. The molecule has 122 valence electrons. The zero-order chi connectivity index (χ0) is 17.6. The SMILES string of the molecule is C=C(C(=C)/C(C=N)=C/NCC)C(=N)c1ccc(C)cc1C(C)C. The lowest BCUT2D eigenvalue weighted by Crippen LogP contribution is -2.12. The molecule has 0 bridgehead atoms. The van der Waals surface area contributed by atoms with Crippen LogP contribution in [0.3, 0.4) is 0 Å². The molecule has 0 saturated carbocycles. The summed E-state index contributed by atoms with van der Waals surface area (Å²) >= 11 is 0. The van der Waals surface area contributed by atoms with Crippen molar-refractivity contribution >= 4 is 11.9 Å². The third-order valence-corrected chi connectivity index (χ3v) is 3.73. The minimum absolute atomic E-state index is 0.325. The van der Waals surface area contributed by atoms with Crippen molar-refractivity contribution in [3.8, 4) is 0 Å². The maximum absolute atomic E-state index is 8.53. The largest absolute Gasteiger partial charge is 0.391 e. The number of hydrogen-bond acceptors (Lipinski definition) is 3. The molecule has 0 saturated heterocycles. The molecule has 1 aromatic carbocycles. The number of allylic oxidation sites excluding steroid dienone is 3. The average molecular weight is 309 g/mol. The first-order valence-electron chi connectivity index (χ1n) is 7.85. The standard InChI is InChI=1S/C20H27N3/c1-7-23-12-17(11-21)15(5)16(6)20(22)18-9-8-14(4)10-19(18)13(2)3/h8-13,21-23H,5-7H2,1-4H3/b17-12+,21-11?,22-20?. The number of aryl methyl sites for hydroxylation is 1. The number of benzene rings is 1. The highest BCUT2D eigenvalue weighted by molar-refractivity contribution is 6.15. The van der Waals surface area contributed by atoms with Gasteiger partial charge in [-0.3, -0.25) is 5.41 Å². The fourth-order valence-corrected chi connectivity index (χ4v) is 2.30. The maximum Gasteiger partial charge on any atom is 0.0687 e. The van der Waals surface area contributed by atoms with E-state index in [0.717, 1.165) is 17.7 Å². The zero-order valence-corrected chi connectivity index (χ0v) is 14.6. The highest BCUT2D eigenvalue weighted by Gasteiger charge is 2.16. The van der Waals surface area contributed by atoms with Gasteiger partial charge in [0.2, 0.25) is 0 Å². The highest BCUT2D eigenvalue weighted by atomic mass is 14.8. The maximum atomic E-state index is 8.53. The van der Waals surface area contributed by atoms with Crippen molar-refractivity contribution in [3.63, 3.8) is 0 Å². The second-order valence-electron chi connectivity index (χ2n) is 5.88. The van der Waals surface area contributed by atoms with Crippen molar-refractivity contribution in [3.05, 3.63) is 71.0 Å². The third-order valence-electron chi connectivity index (χ3n) is 3.73. The lowest BCUT2D eigenvalue weighted by molar-refractivity contribution is 0.862. The normalized spacial score (nSPS) is 11.3. The van der Waals surface area contributed by atoms with Crippen LogP contribution < -0.4 is 5.32 Å². The van der Waals surface area contributed by atoms with Crippen molar-refractivity contribution in [2.24, 2.45) is 0 Å². The summed E-state index contributed by atoms with van der Waals surface area (Å²) in [6.45, 7) is 17.1. The lowest BCUT2D eigenvalue weighted by Gasteiger charge is -2.17. The molecular weight excluding hydrogens is 282 g/mol. The summed E-state index contributed by atoms with van der Waals surface area (Å²) in [6.07, 6.45) is 2.98. The summed E-state index contributed by atoms with van der Waals surface area (Å²) < 4.78 is 0. The van der Waals surface area contributed by atoms with Crippen molar-refractivity contribution in [1.29, 1.82) is 10.8 Å². The molecule has 1 rings (SSSR count). The van der Waals surface area contributed by atoms with E-state index >= 15 is 0 Å². The highest BCUT2D eigenvalue weighted by Crippen LogP contribution is 2.26. The van der Waals surface area contributed by atoms with E-state index in [-0.39, 0.29) is 0 Å². The van der Waals surface area contributed by atoms with Gasteiger partial charge in [-0.25, -0.2) is 0 Å². The summed E-state index contributed by atoms with van der Waals surface area (Å²) in [6, 6.07) is 6.11. The number of hydrogen-bond donors (Lipinski definition) is 3. The fraction of sp³-hybridized carbons (Fsp3) is 0.300. The molecule has 1 aromatic rings. The molecule has 0 atom stereocenters. The molecule has 0 fully saturated rings. The molecular formula is C20H27N3. The van der Waals surface area contributed by atoms with Gasteiger partial charge in [0.05, 0.1) is 5.71 Å². The van der Waals surface area contributed by atoms with Crippen LogP contribution in [0.2, 0.25) is 0 Å². The molecule has 0 spiro atoms. The van der Waals surface area contributed by atoms with Gasteiger partial charge in [-0.15, -0.1) is 0 Å². The Kier molecular flexibility index (Phi) is 6.70. The summed E-state index contributed by atoms with van der Waals surface area (Å²) in [5.74, 6) is 0.325. The molecule has 0 aliphatic rings. The quantitative estimate of drug-likeness (QED) is 0.471. The predicted molar refractivity (Wildman–Crippen MR) is 101 cm³/mol. The summed E-state index contributed by atoms with van der Waals surface area (Å²) in [5.41, 5.74) is 5.34. The van der Waals surface area contributed by atoms with E-state index < -0.39 is 0 Å². The minimum atomic E-state index is 0.325. The first kappa shape index (κ1) is 18.6. The van der Waals surface area contributed by atoms with Gasteiger partial charge in [0.1, 0.15) is 0 Å². The lowest BCUT2D eigenvalue weighted by atomic mass is 9.87. The van der Waals surface area contributed by atoms with Crippen LogP contribution >= 0.6 is 0 Å². The second kappa shape index (κ2) is 8.28. The summed E-state index contributed by atoms with van der Waals surface area (Å²) in [4.78, 5) is 0. The molecule has 0 aliphatic heterocycles. The Balaban J connectivity index is 3.17. The molecule has 23 heavy (non-hydrogen) atoms. The topological polar surface area (TPSA) is 59.7 Å². The first-order valence-corrected chi connectivity index (χ1v) is 7.85. The van der Waals surface area contributed by atoms with Crippen molar-refractivity contribution in [1.82, 2.24) is 5.32 Å². The van der Waals surface area contributed by atoms with E-state index in [0.29, 0.717) is 28.3 Å². The van der Waals surface area contributed by atoms with Gasteiger partial charge in [-0.2, -0.15) is 0 Å². The van der Waals surface area contributed by atoms with Gasteiger partial charge in [-0.05, 0) is 30.9 Å². The average Bonchev–Trinajstić information content (AvgIpc) is 2.53. The second-order valence-corrected chi connectivity index (χ2v) is 5.88. The van der Waals surface area contributed by atoms with Gasteiger partial charge < -0.3 is 10.7 Å². The van der Waals surface area contributed by atoms with Crippen LogP contribution in [0.1, 0.15) is 43.4 Å². The minimum Gasteiger partial charge on any atom is -0.391 e. The van der Waals surface area contributed by atoms with Crippen LogP contribution in [0.25, 0.3) is 0 Å². The molecule has 3 N–H and O–H groups in total. The van der Waals surface area contributed by atoms with E-state index in [1.807, 2.05) is 19.1 Å². The Morgan fingerprint density at radius 3 is 2.43 bits per heavy atom. The van der Waals surface area contributed by atoms with Gasteiger partial charge >= 0.3 is 0 Å². The van der Waals surface area contributed by atoms with E-state index in [9.17, 15) is 0 Å². The number of nitrogens with one attached hydrogen (secondary N) is 3. The molecule has 0 radical (unpaired) electrons. The van der Waals surface area contributed by atoms with Crippen LogP contribution in [0, 0.1) is 17.7 Å². The molecule has 3 nitrogen and oxygen atoms in total. The zero-order valence-electron chi connectivity index (χ0n) is 14.6. The third kappa shape index (κ3) is 4.52. The van der Waals surface area contributed by atoms with Gasteiger partial charge in [0.15, 0.2) is 0 Å². The molecule has 3 heteroatoms. The van der Waals surface area contributed by atoms with Crippen molar-refractivity contribution < 1.29 is 0 Å². The van der Waals surface area contributed by atoms with Crippen molar-refractivity contribution in [2.75, 3.05) is 6.54 Å². The van der Waals surface area contributed by atoms with Crippen LogP contribution in [-0.2, 0) is 0 Å². The number of rotatable bonds is 8. The van der Waals surface area contributed by atoms with Crippen molar-refractivity contribution in [2.45, 2.75) is 33.6 Å². The Morgan fingerprint density at radius 1 is 1.26 bits per heavy atom. The molecule has 0 heterocycles. The van der Waals surface area contributed by atoms with E-state index in [2.05, 4.69) is 45.3 Å². The molecule has 0 amide bonds. The predicted octanol–water partition coefficient (Wildman–Crippen LogP) is 4.74. The summed E-state index contributed by atoms with van der Waals surface area (Å²) in [7, 11) is 0. The van der Waals surface area contributed by atoms with E-state index in [4.69, 9.17) is 10.8 Å². The van der Waals surface area contributed by atoms with Gasteiger partial charge in [-0.1, -0.05) is 50.8 Å². The molecule has 0 aromatic heterocycles. The monoisotopic (exact) mass is 309 g/mol. The smallest absolute Gasteiger partial charge is 0.0687 e. The van der Waals surface area contributed by atoms with E-state index in [1.165, 1.54) is 11.8 Å². The Bertz CT molecular complexity index is 663. The van der Waals surface area contributed by atoms with Crippen LogP contribution in [0.15, 0.2) is 54.3 Å². The fourth-order valence-electron chi connectivity index (χ4n) is 2.30. The Morgan fingerprint density at radius 2 is 1.91 bits per heavy atom. The van der Waals surface area contributed by atoms with Crippen LogP contribution in [0.4, 0.5) is 0 Å². The van der Waals surface area contributed by atoms with Crippen LogP contribution in [-0.4, -0.2) is 18.5 Å². The van der Waals surface area contributed by atoms with Gasteiger partial charge in [0, 0.05) is 35.7 Å². The first-order chi connectivity index (χ1) is 10.8. The van der Waals surface area contributed by atoms with Gasteiger partial charge in [0.25, 0.3) is 0 Å². The summed E-state index contributed by atoms with van der Waals surface area (Å²) in [5, 5.41) is 19.1. The Labute approximate surface area is 139 Å².